The summed E-state index contributed by atoms with van der Waals surface area (Å²) in [6.45, 7) is 3.99. The summed E-state index contributed by atoms with van der Waals surface area (Å²) >= 11 is 3.51. The van der Waals surface area contributed by atoms with Crippen LogP contribution in [0.2, 0.25) is 0 Å². The number of hydrogen-bond acceptors (Lipinski definition) is 7. The van der Waals surface area contributed by atoms with Crippen molar-refractivity contribution in [1.29, 1.82) is 0 Å². The second-order valence-corrected chi connectivity index (χ2v) is 7.89. The lowest BCUT2D eigenvalue weighted by Crippen LogP contribution is -2.45. The van der Waals surface area contributed by atoms with E-state index in [4.69, 9.17) is 4.98 Å². The van der Waals surface area contributed by atoms with Crippen LogP contribution in [-0.4, -0.2) is 67.7 Å². The molecule has 0 unspecified atom stereocenters. The molecule has 1 aliphatic heterocycles. The highest BCUT2D eigenvalue weighted by Gasteiger charge is 2.20. The number of imidazole rings is 1. The highest BCUT2D eigenvalue weighted by Crippen LogP contribution is 2.23. The van der Waals surface area contributed by atoms with Crippen LogP contribution < -0.4 is 10.2 Å². The lowest BCUT2D eigenvalue weighted by molar-refractivity contribution is 0.311. The quantitative estimate of drug-likeness (QED) is 0.483. The Balaban J connectivity index is 1.45. The van der Waals surface area contributed by atoms with E-state index in [1.807, 2.05) is 0 Å². The maximum atomic E-state index is 13.9. The van der Waals surface area contributed by atoms with Gasteiger partial charge in [0, 0.05) is 26.2 Å². The number of piperazine rings is 1. The minimum absolute atomic E-state index is 0.331. The van der Waals surface area contributed by atoms with Gasteiger partial charge in [0.05, 0.1) is 22.7 Å². The van der Waals surface area contributed by atoms with Gasteiger partial charge >= 0.3 is 0 Å². The highest BCUT2D eigenvalue weighted by atomic mass is 79.9. The SMILES string of the molecule is CN1CCN(c2nc(NCc3nc4c(F)cccc4[nH]3)n3ncc(Br)c3n2)CC1. The summed E-state index contributed by atoms with van der Waals surface area (Å²) in [6, 6.07) is 4.86. The maximum absolute atomic E-state index is 13.9. The number of hydrogen-bond donors (Lipinski definition) is 2. The van der Waals surface area contributed by atoms with Crippen molar-refractivity contribution in [2.75, 3.05) is 43.4 Å². The molecule has 5 rings (SSSR count). The van der Waals surface area contributed by atoms with Crippen molar-refractivity contribution >= 4 is 44.5 Å². The fraction of sp³-hybridized carbons (Fsp3) is 0.333. The van der Waals surface area contributed by atoms with Gasteiger partial charge < -0.3 is 20.1 Å². The van der Waals surface area contributed by atoms with Gasteiger partial charge in [-0.1, -0.05) is 6.07 Å². The molecule has 1 fully saturated rings. The van der Waals surface area contributed by atoms with Crippen LogP contribution in [-0.2, 0) is 6.54 Å². The zero-order valence-corrected chi connectivity index (χ0v) is 17.3. The van der Waals surface area contributed by atoms with Crippen LogP contribution in [0, 0.1) is 5.82 Å². The number of benzene rings is 1. The van der Waals surface area contributed by atoms with E-state index in [9.17, 15) is 4.39 Å². The molecule has 2 N–H and O–H groups in total. The van der Waals surface area contributed by atoms with Crippen LogP contribution in [0.5, 0.6) is 0 Å². The normalized spacial score (nSPS) is 15.5. The van der Waals surface area contributed by atoms with Gasteiger partial charge in [0.15, 0.2) is 11.5 Å². The number of halogens is 2. The number of anilines is 2. The van der Waals surface area contributed by atoms with Crippen molar-refractivity contribution in [3.05, 3.63) is 40.5 Å². The van der Waals surface area contributed by atoms with E-state index in [-0.39, 0.29) is 5.82 Å². The molecule has 1 aliphatic rings. The molecule has 1 aromatic carbocycles. The summed E-state index contributed by atoms with van der Waals surface area (Å²) in [5, 5.41) is 7.61. The molecule has 150 valence electrons. The van der Waals surface area contributed by atoms with Crippen molar-refractivity contribution in [3.63, 3.8) is 0 Å². The fourth-order valence-corrected chi connectivity index (χ4v) is 3.74. The Morgan fingerprint density at radius 3 is 2.79 bits per heavy atom. The standard InChI is InChI=1S/C18H19BrFN9/c1-27-5-7-28(8-6-27)18-25-16-11(19)9-22-29(16)17(26-18)21-10-14-23-13-4-2-3-12(20)15(13)24-14/h2-4,9H,5-8,10H2,1H3,(H,23,24)(H,21,25,26). The van der Waals surface area contributed by atoms with Crippen LogP contribution in [0.1, 0.15) is 5.82 Å². The van der Waals surface area contributed by atoms with E-state index < -0.39 is 0 Å². The summed E-state index contributed by atoms with van der Waals surface area (Å²) in [7, 11) is 2.11. The predicted molar refractivity (Wildman–Crippen MR) is 112 cm³/mol. The van der Waals surface area contributed by atoms with Crippen LogP contribution in [0.25, 0.3) is 16.7 Å². The molecular weight excluding hydrogens is 441 g/mol. The van der Waals surface area contributed by atoms with Gasteiger partial charge in [0.2, 0.25) is 11.9 Å². The van der Waals surface area contributed by atoms with Crippen molar-refractivity contribution in [2.45, 2.75) is 6.54 Å². The fourth-order valence-electron chi connectivity index (χ4n) is 3.40. The molecule has 9 nitrogen and oxygen atoms in total. The Kier molecular flexibility index (Phi) is 4.55. The Hall–Kier alpha value is -2.79. The van der Waals surface area contributed by atoms with E-state index in [0.29, 0.717) is 40.9 Å². The summed E-state index contributed by atoms with van der Waals surface area (Å²) in [6.07, 6.45) is 1.69. The number of aromatic amines is 1. The third-order valence-corrected chi connectivity index (χ3v) is 5.59. The number of nitrogens with one attached hydrogen (secondary N) is 2. The number of rotatable bonds is 4. The molecule has 0 amide bonds. The van der Waals surface area contributed by atoms with Gasteiger partial charge in [-0.25, -0.2) is 9.37 Å². The maximum Gasteiger partial charge on any atom is 0.230 e. The summed E-state index contributed by atoms with van der Waals surface area (Å²) in [5.74, 6) is 1.48. The number of likely N-dealkylation sites (N-methyl/N-ethyl adjacent to an activating group) is 1. The number of aromatic nitrogens is 6. The number of fused-ring (bicyclic) bond motifs is 2. The van der Waals surface area contributed by atoms with E-state index in [1.165, 1.54) is 6.07 Å². The second-order valence-electron chi connectivity index (χ2n) is 7.04. The molecule has 0 aliphatic carbocycles. The molecule has 0 atom stereocenters. The van der Waals surface area contributed by atoms with Crippen LogP contribution in [0.15, 0.2) is 28.9 Å². The van der Waals surface area contributed by atoms with Gasteiger partial charge in [-0.15, -0.1) is 0 Å². The topological polar surface area (TPSA) is 90.3 Å². The molecule has 29 heavy (non-hydrogen) atoms. The Bertz CT molecular complexity index is 1180. The molecule has 4 aromatic rings. The molecule has 11 heteroatoms. The Morgan fingerprint density at radius 1 is 1.17 bits per heavy atom. The highest BCUT2D eigenvalue weighted by molar-refractivity contribution is 9.10. The van der Waals surface area contributed by atoms with Crippen molar-refractivity contribution < 1.29 is 4.39 Å². The Labute approximate surface area is 174 Å². The first kappa shape index (κ1) is 18.3. The molecule has 0 radical (unpaired) electrons. The van der Waals surface area contributed by atoms with E-state index in [0.717, 1.165) is 30.7 Å². The van der Waals surface area contributed by atoms with E-state index in [1.54, 1.807) is 22.8 Å². The average Bonchev–Trinajstić information content (AvgIpc) is 3.31. The first-order chi connectivity index (χ1) is 14.1. The number of nitrogens with zero attached hydrogens (tertiary/aromatic N) is 7. The molecule has 0 spiro atoms. The smallest absolute Gasteiger partial charge is 0.230 e. The summed E-state index contributed by atoms with van der Waals surface area (Å²) < 4.78 is 16.3. The molecule has 0 bridgehead atoms. The van der Waals surface area contributed by atoms with Gasteiger partial charge in [-0.2, -0.15) is 19.6 Å². The molecular formula is C18H19BrFN9. The van der Waals surface area contributed by atoms with Gasteiger partial charge in [-0.3, -0.25) is 0 Å². The summed E-state index contributed by atoms with van der Waals surface area (Å²) in [4.78, 5) is 21.3. The van der Waals surface area contributed by atoms with Gasteiger partial charge in [0.1, 0.15) is 11.3 Å². The molecule has 0 saturated carbocycles. The third kappa shape index (κ3) is 3.40. The van der Waals surface area contributed by atoms with Crippen LogP contribution in [0.4, 0.5) is 16.3 Å². The lowest BCUT2D eigenvalue weighted by Gasteiger charge is -2.32. The van der Waals surface area contributed by atoms with Crippen molar-refractivity contribution in [2.24, 2.45) is 0 Å². The van der Waals surface area contributed by atoms with Crippen LogP contribution in [0.3, 0.4) is 0 Å². The Morgan fingerprint density at radius 2 is 2.00 bits per heavy atom. The molecule has 1 saturated heterocycles. The molecule has 4 heterocycles. The van der Waals surface area contributed by atoms with E-state index >= 15 is 0 Å². The molecule has 3 aromatic heterocycles. The van der Waals surface area contributed by atoms with Crippen LogP contribution >= 0.6 is 15.9 Å². The second kappa shape index (κ2) is 7.23. The van der Waals surface area contributed by atoms with Gasteiger partial charge in [0.25, 0.3) is 0 Å². The van der Waals surface area contributed by atoms with Crippen molar-refractivity contribution in [3.8, 4) is 0 Å². The van der Waals surface area contributed by atoms with Crippen molar-refractivity contribution in [1.82, 2.24) is 34.4 Å². The minimum atomic E-state index is -0.345. The minimum Gasteiger partial charge on any atom is -0.347 e. The third-order valence-electron chi connectivity index (χ3n) is 5.03. The monoisotopic (exact) mass is 459 g/mol. The number of para-hydroxylation sites is 1. The zero-order chi connectivity index (χ0) is 20.0. The first-order valence-corrected chi connectivity index (χ1v) is 10.1. The largest absolute Gasteiger partial charge is 0.347 e. The predicted octanol–water partition coefficient (Wildman–Crippen LogP) is 2.27. The van der Waals surface area contributed by atoms with Gasteiger partial charge in [-0.05, 0) is 35.1 Å². The average molecular weight is 460 g/mol. The lowest BCUT2D eigenvalue weighted by atomic mass is 10.3. The van der Waals surface area contributed by atoms with E-state index in [2.05, 4.69) is 58.1 Å². The summed E-state index contributed by atoms with van der Waals surface area (Å²) in [5.41, 5.74) is 1.68. The zero-order valence-electron chi connectivity index (χ0n) is 15.7. The first-order valence-electron chi connectivity index (χ1n) is 9.30. The number of H-pyrrole nitrogens is 1.